The van der Waals surface area contributed by atoms with E-state index in [1.807, 2.05) is 21.2 Å². The van der Waals surface area contributed by atoms with E-state index in [-0.39, 0.29) is 0 Å². The predicted molar refractivity (Wildman–Crippen MR) is 44.4 cm³/mol. The van der Waals surface area contributed by atoms with Crippen molar-refractivity contribution < 1.29 is 4.21 Å². The molecular weight excluding hydrogens is 239 g/mol. The van der Waals surface area contributed by atoms with E-state index in [0.717, 1.165) is 0 Å². The molecule has 0 bridgehead atoms. The maximum atomic E-state index is 10.9. The molecule has 0 aliphatic heterocycles. The smallest absolute Gasteiger partial charge is 0.103 e. The normalized spacial score (nSPS) is 17.4. The first kappa shape index (κ1) is 8.64. The van der Waals surface area contributed by atoms with Crippen LogP contribution in [0.2, 0.25) is 0 Å². The van der Waals surface area contributed by atoms with Gasteiger partial charge in [0, 0.05) is 34.8 Å². The van der Waals surface area contributed by atoms with Crippen LogP contribution in [0.25, 0.3) is 0 Å². The van der Waals surface area contributed by atoms with Crippen LogP contribution >= 0.6 is 21.2 Å². The van der Waals surface area contributed by atoms with Gasteiger partial charge in [-0.05, 0) is 0 Å². The van der Waals surface area contributed by atoms with Crippen LogP contribution in [0, 0.1) is 0 Å². The van der Waals surface area contributed by atoms with Crippen molar-refractivity contribution in [2.75, 3.05) is 19.3 Å². The van der Waals surface area contributed by atoms with Crippen LogP contribution in [0.5, 0.6) is 0 Å². The molecule has 0 amide bonds. The van der Waals surface area contributed by atoms with Gasteiger partial charge < -0.3 is 5.73 Å². The first-order valence-electron chi connectivity index (χ1n) is 2.15. The maximum Gasteiger partial charge on any atom is 0.103 e. The minimum Gasteiger partial charge on any atom is -0.329 e. The van der Waals surface area contributed by atoms with E-state index < -0.39 is 6.90 Å². The van der Waals surface area contributed by atoms with Crippen LogP contribution in [0.1, 0.15) is 0 Å². The van der Waals surface area contributed by atoms with Gasteiger partial charge in [-0.15, -0.1) is 0 Å². The van der Waals surface area contributed by atoms with Crippen LogP contribution in [-0.2, 0) is 6.90 Å². The lowest BCUT2D eigenvalue weighted by Crippen LogP contribution is -2.09. The van der Waals surface area contributed by atoms with Gasteiger partial charge in [-0.25, -0.2) is 8.57 Å². The van der Waals surface area contributed by atoms with Crippen molar-refractivity contribution in [3.8, 4) is 0 Å². The van der Waals surface area contributed by atoms with E-state index in [4.69, 9.17) is 5.73 Å². The Morgan fingerprint density at radius 3 is 2.50 bits per heavy atom. The lowest BCUT2D eigenvalue weighted by Gasteiger charge is -1.93. The van der Waals surface area contributed by atoms with Gasteiger partial charge in [0.25, 0.3) is 0 Å². The van der Waals surface area contributed by atoms with Crippen molar-refractivity contribution in [3.63, 3.8) is 0 Å². The summed E-state index contributed by atoms with van der Waals surface area (Å²) in [5.74, 6) is 0.490. The highest BCUT2D eigenvalue weighted by Crippen LogP contribution is 2.03. The first-order chi connectivity index (χ1) is 3.62. The van der Waals surface area contributed by atoms with Crippen molar-refractivity contribution in [3.05, 3.63) is 0 Å². The molecule has 3 nitrogen and oxygen atoms in total. The van der Waals surface area contributed by atoms with E-state index in [9.17, 15) is 4.21 Å². The number of nitrogens with two attached hydrogens (primary N) is 1. The van der Waals surface area contributed by atoms with E-state index >= 15 is 0 Å². The summed E-state index contributed by atoms with van der Waals surface area (Å²) in [5, 5.41) is 0. The predicted octanol–water partition coefficient (Wildman–Crippen LogP) is 0.393. The quantitative estimate of drug-likeness (QED) is 0.567. The molecule has 0 saturated carbocycles. The zero-order valence-corrected chi connectivity index (χ0v) is 7.61. The van der Waals surface area contributed by atoms with Crippen molar-refractivity contribution in [2.24, 2.45) is 10.1 Å². The zero-order chi connectivity index (χ0) is 6.62. The van der Waals surface area contributed by atoms with Crippen molar-refractivity contribution >= 4 is 28.1 Å². The van der Waals surface area contributed by atoms with E-state index in [0.29, 0.717) is 12.3 Å². The molecule has 2 N–H and O–H groups in total. The van der Waals surface area contributed by atoms with Gasteiger partial charge in [-0.3, -0.25) is 0 Å². The molecule has 0 aromatic carbocycles. The monoisotopic (exact) mass is 248 g/mol. The molecule has 0 saturated heterocycles. The number of nitrogens with zero attached hydrogens (tertiary/aromatic N) is 1. The zero-order valence-electron chi connectivity index (χ0n) is 4.63. The minimum atomic E-state index is -1.95. The van der Waals surface area contributed by atoms with Gasteiger partial charge in [0.2, 0.25) is 0 Å². The highest BCUT2D eigenvalue weighted by molar-refractivity contribution is 14.2. The summed E-state index contributed by atoms with van der Waals surface area (Å²) in [5.41, 5.74) is 5.15. The molecule has 0 radical (unpaired) electrons. The molecule has 0 aliphatic carbocycles. The Bertz CT molecular complexity index is 161. The SMILES string of the molecule is CN=S(=O)(I)CCN. The van der Waals surface area contributed by atoms with Crippen molar-refractivity contribution in [2.45, 2.75) is 0 Å². The Morgan fingerprint density at radius 2 is 2.38 bits per heavy atom. The van der Waals surface area contributed by atoms with E-state index in [1.54, 1.807) is 7.05 Å². The maximum absolute atomic E-state index is 10.9. The standard InChI is InChI=1S/C3H9IN2OS/c1-6-8(4,7)3-2-5/h2-3,5H2,1H3. The van der Waals surface area contributed by atoms with Crippen LogP contribution in [0.3, 0.4) is 0 Å². The van der Waals surface area contributed by atoms with Gasteiger partial charge in [-0.1, -0.05) is 0 Å². The number of rotatable bonds is 2. The summed E-state index contributed by atoms with van der Waals surface area (Å²) in [6.07, 6.45) is 0. The molecule has 0 heterocycles. The summed E-state index contributed by atoms with van der Waals surface area (Å²) in [6, 6.07) is 0. The van der Waals surface area contributed by atoms with Crippen molar-refractivity contribution in [1.82, 2.24) is 0 Å². The first-order valence-corrected chi connectivity index (χ1v) is 6.37. The van der Waals surface area contributed by atoms with Crippen LogP contribution in [-0.4, -0.2) is 23.6 Å². The molecule has 0 spiro atoms. The van der Waals surface area contributed by atoms with Gasteiger partial charge in [-0.2, -0.15) is 0 Å². The third-order valence-corrected chi connectivity index (χ3v) is 4.43. The molecule has 1 atom stereocenters. The molecule has 8 heavy (non-hydrogen) atoms. The highest BCUT2D eigenvalue weighted by atomic mass is 127. The molecule has 5 heteroatoms. The minimum absolute atomic E-state index is 0.444. The number of hydrogen-bond acceptors (Lipinski definition) is 3. The van der Waals surface area contributed by atoms with Gasteiger partial charge >= 0.3 is 0 Å². The van der Waals surface area contributed by atoms with Crippen LogP contribution in [0.15, 0.2) is 4.36 Å². The fraction of sp³-hybridized carbons (Fsp3) is 1.00. The molecule has 0 rings (SSSR count). The molecule has 0 aliphatic rings. The molecule has 0 aromatic rings. The number of halogens is 1. The van der Waals surface area contributed by atoms with Gasteiger partial charge in [0.15, 0.2) is 0 Å². The molecule has 1 unspecified atom stereocenters. The average Bonchev–Trinajstić information content (AvgIpc) is 1.67. The fourth-order valence-electron chi connectivity index (χ4n) is 0.237. The summed E-state index contributed by atoms with van der Waals surface area (Å²) in [6.45, 7) is -1.51. The van der Waals surface area contributed by atoms with E-state index in [1.165, 1.54) is 0 Å². The van der Waals surface area contributed by atoms with Gasteiger partial charge in [0.05, 0.1) is 5.75 Å². The average molecular weight is 248 g/mol. The third kappa shape index (κ3) is 3.62. The molecule has 50 valence electrons. The Balaban J connectivity index is 3.96. The lowest BCUT2D eigenvalue weighted by atomic mass is 10.8. The second-order valence-electron chi connectivity index (χ2n) is 1.24. The molecular formula is C3H9IN2OS. The second kappa shape index (κ2) is 3.62. The van der Waals surface area contributed by atoms with Crippen molar-refractivity contribution in [1.29, 1.82) is 0 Å². The van der Waals surface area contributed by atoms with E-state index in [2.05, 4.69) is 4.36 Å². The summed E-state index contributed by atoms with van der Waals surface area (Å²) in [7, 11) is 1.55. The second-order valence-corrected chi connectivity index (χ2v) is 7.27. The van der Waals surface area contributed by atoms with Crippen LogP contribution in [0.4, 0.5) is 0 Å². The van der Waals surface area contributed by atoms with Gasteiger partial charge in [0.1, 0.15) is 6.90 Å². The fourth-order valence-corrected chi connectivity index (χ4v) is 1.47. The third-order valence-electron chi connectivity index (χ3n) is 0.642. The Labute approximate surface area is 61.8 Å². The molecule has 0 aromatic heterocycles. The summed E-state index contributed by atoms with van der Waals surface area (Å²) >= 11 is 1.82. The largest absolute Gasteiger partial charge is 0.329 e. The Morgan fingerprint density at radius 1 is 1.88 bits per heavy atom. The van der Waals surface area contributed by atoms with Crippen LogP contribution < -0.4 is 5.73 Å². The summed E-state index contributed by atoms with van der Waals surface area (Å²) in [4.78, 5) is 0. The number of hydrogen-bond donors (Lipinski definition) is 1. The highest BCUT2D eigenvalue weighted by Gasteiger charge is 1.96. The Hall–Kier alpha value is 0.640. The summed E-state index contributed by atoms with van der Waals surface area (Å²) < 4.78 is 14.5. The lowest BCUT2D eigenvalue weighted by molar-refractivity contribution is 0.686. The topological polar surface area (TPSA) is 55.5 Å². The molecule has 0 fully saturated rings. The Kier molecular flexibility index (Phi) is 3.91.